The summed E-state index contributed by atoms with van der Waals surface area (Å²) in [5.74, 6) is -1.49. The number of aliphatic hydroxyl groups is 1. The topological polar surface area (TPSA) is 81.6 Å². The lowest BCUT2D eigenvalue weighted by molar-refractivity contribution is 0.114. The number of amides is 1. The van der Waals surface area contributed by atoms with E-state index in [9.17, 15) is 18.7 Å². The van der Waals surface area contributed by atoms with E-state index in [-0.39, 0.29) is 24.1 Å². The van der Waals surface area contributed by atoms with E-state index < -0.39 is 29.9 Å². The number of aryl methyl sites for hydroxylation is 1. The van der Waals surface area contributed by atoms with Gasteiger partial charge in [0.1, 0.15) is 11.6 Å². The summed E-state index contributed by atoms with van der Waals surface area (Å²) in [6.45, 7) is 2.16. The van der Waals surface area contributed by atoms with E-state index in [2.05, 4.69) is 16.7 Å². The molecule has 0 saturated heterocycles. The minimum atomic E-state index is -1.30. The number of carbonyl (C=O) groups is 1. The van der Waals surface area contributed by atoms with Gasteiger partial charge in [-0.15, -0.1) is 0 Å². The monoisotopic (exact) mass is 390 g/mol. The van der Waals surface area contributed by atoms with Crippen molar-refractivity contribution in [3.8, 4) is 0 Å². The van der Waals surface area contributed by atoms with Crippen LogP contribution >= 0.6 is 0 Å². The van der Waals surface area contributed by atoms with Crippen LogP contribution in [0, 0.1) is 18.6 Å². The molecule has 1 aliphatic rings. The number of aliphatic hydroxyl groups excluding tert-OH is 1. The summed E-state index contributed by atoms with van der Waals surface area (Å²) in [4.78, 5) is 11.1. The van der Waals surface area contributed by atoms with Crippen LogP contribution in [-0.4, -0.2) is 35.0 Å². The first-order valence-electron chi connectivity index (χ1n) is 9.22. The van der Waals surface area contributed by atoms with Crippen molar-refractivity contribution in [2.24, 2.45) is 0 Å². The minimum absolute atomic E-state index is 0.0265. The van der Waals surface area contributed by atoms with Crippen LogP contribution in [0.1, 0.15) is 29.5 Å². The fourth-order valence-electron chi connectivity index (χ4n) is 3.50. The molecule has 0 heterocycles. The molecule has 1 aliphatic carbocycles. The summed E-state index contributed by atoms with van der Waals surface area (Å²) in [5, 5.41) is 25.3. The number of carboxylic acid groups (broad SMARTS) is 1. The van der Waals surface area contributed by atoms with E-state index in [1.165, 1.54) is 0 Å². The van der Waals surface area contributed by atoms with Gasteiger partial charge >= 0.3 is 6.09 Å². The van der Waals surface area contributed by atoms with Crippen molar-refractivity contribution in [1.29, 1.82) is 0 Å². The molecule has 3 rings (SSSR count). The zero-order chi connectivity index (χ0) is 20.3. The second-order valence-electron chi connectivity index (χ2n) is 7.44. The molecule has 7 heteroatoms. The Morgan fingerprint density at radius 1 is 1.18 bits per heavy atom. The molecule has 0 spiro atoms. The second kappa shape index (κ2) is 8.24. The number of halogens is 2. The lowest BCUT2D eigenvalue weighted by Gasteiger charge is -2.26. The van der Waals surface area contributed by atoms with Gasteiger partial charge in [-0.05, 0) is 49.4 Å². The van der Waals surface area contributed by atoms with Crippen LogP contribution in [0.25, 0.3) is 0 Å². The molecule has 0 aromatic heterocycles. The van der Waals surface area contributed by atoms with E-state index >= 15 is 0 Å². The van der Waals surface area contributed by atoms with Crippen LogP contribution < -0.4 is 10.6 Å². The molecule has 4 N–H and O–H groups in total. The third-order valence-corrected chi connectivity index (χ3v) is 5.12. The predicted molar refractivity (Wildman–Crippen MR) is 101 cm³/mol. The van der Waals surface area contributed by atoms with Crippen molar-refractivity contribution >= 4 is 6.09 Å². The molecule has 150 valence electrons. The molecule has 0 bridgehead atoms. The number of hydrogen-bond donors (Lipinski definition) is 4. The zero-order valence-electron chi connectivity index (χ0n) is 15.6. The van der Waals surface area contributed by atoms with Crippen LogP contribution in [0.3, 0.4) is 0 Å². The first-order valence-corrected chi connectivity index (χ1v) is 9.22. The van der Waals surface area contributed by atoms with Gasteiger partial charge < -0.3 is 20.8 Å². The second-order valence-corrected chi connectivity index (χ2v) is 7.44. The van der Waals surface area contributed by atoms with Crippen LogP contribution in [0.4, 0.5) is 13.6 Å². The molecule has 5 nitrogen and oxygen atoms in total. The summed E-state index contributed by atoms with van der Waals surface area (Å²) in [5.41, 5.74) is 2.33. The summed E-state index contributed by atoms with van der Waals surface area (Å²) in [6.07, 6.45) is -0.545. The van der Waals surface area contributed by atoms with Crippen LogP contribution in [-0.2, 0) is 12.0 Å². The fraction of sp³-hybridized carbons (Fsp3) is 0.381. The average Bonchev–Trinajstić information content (AvgIpc) is 3.39. The lowest BCUT2D eigenvalue weighted by Crippen LogP contribution is -2.49. The number of nitrogens with one attached hydrogen (secondary N) is 2. The highest BCUT2D eigenvalue weighted by Gasteiger charge is 2.44. The number of hydrogen-bond acceptors (Lipinski definition) is 3. The lowest BCUT2D eigenvalue weighted by atomic mass is 9.99. The average molecular weight is 390 g/mol. The Morgan fingerprint density at radius 2 is 1.86 bits per heavy atom. The first kappa shape index (κ1) is 20.2. The standard InChI is InChI=1S/C21H24F2N2O3/c1-13-3-2-4-15(7-13)21(5-6-21)24-12-19(26)18(25-20(27)28)10-14-8-16(22)11-17(23)9-14/h2-4,7-9,11,18-19,24-26H,5-6,10,12H2,1H3,(H,27,28)/t18-,19-/m0/s1. The zero-order valence-corrected chi connectivity index (χ0v) is 15.6. The normalized spacial score (nSPS) is 17.0. The predicted octanol–water partition coefficient (Wildman–Crippen LogP) is 3.09. The van der Waals surface area contributed by atoms with Crippen LogP contribution in [0.2, 0.25) is 0 Å². The van der Waals surface area contributed by atoms with E-state index in [1.807, 2.05) is 25.1 Å². The summed E-state index contributed by atoms with van der Waals surface area (Å²) in [7, 11) is 0. The van der Waals surface area contributed by atoms with Gasteiger partial charge in [0.15, 0.2) is 0 Å². The molecule has 0 aliphatic heterocycles. The molecule has 1 saturated carbocycles. The largest absolute Gasteiger partial charge is 0.465 e. The Balaban J connectivity index is 1.68. The molecule has 2 aromatic carbocycles. The van der Waals surface area contributed by atoms with Crippen LogP contribution in [0.5, 0.6) is 0 Å². The SMILES string of the molecule is Cc1cccc(C2(NC[C@H](O)[C@H](Cc3cc(F)cc(F)c3)NC(=O)O)CC2)c1. The third kappa shape index (κ3) is 5.05. The van der Waals surface area contributed by atoms with Gasteiger partial charge in [-0.1, -0.05) is 29.8 Å². The van der Waals surface area contributed by atoms with Crippen LogP contribution in [0.15, 0.2) is 42.5 Å². The molecular formula is C21H24F2N2O3. The van der Waals surface area contributed by atoms with Crippen molar-refractivity contribution in [3.63, 3.8) is 0 Å². The molecule has 0 unspecified atom stereocenters. The maximum atomic E-state index is 13.4. The molecule has 0 radical (unpaired) electrons. The van der Waals surface area contributed by atoms with Gasteiger partial charge in [-0.25, -0.2) is 13.6 Å². The first-order chi connectivity index (χ1) is 13.3. The summed E-state index contributed by atoms with van der Waals surface area (Å²) >= 11 is 0. The van der Waals surface area contributed by atoms with Gasteiger partial charge in [-0.2, -0.15) is 0 Å². The molecule has 2 atom stereocenters. The molecule has 1 fully saturated rings. The Labute approximate surface area is 162 Å². The number of rotatable bonds is 8. The maximum absolute atomic E-state index is 13.4. The smallest absolute Gasteiger partial charge is 0.404 e. The van der Waals surface area contributed by atoms with E-state index in [0.29, 0.717) is 0 Å². The molecule has 2 aromatic rings. The Hall–Kier alpha value is -2.51. The highest BCUT2D eigenvalue weighted by molar-refractivity contribution is 5.65. The van der Waals surface area contributed by atoms with Crippen molar-refractivity contribution in [2.45, 2.75) is 43.9 Å². The van der Waals surface area contributed by atoms with E-state index in [1.54, 1.807) is 0 Å². The Kier molecular flexibility index (Phi) is 5.96. The molecule has 1 amide bonds. The molecule has 28 heavy (non-hydrogen) atoms. The van der Waals surface area contributed by atoms with Gasteiger partial charge in [0.05, 0.1) is 12.1 Å². The Morgan fingerprint density at radius 3 is 2.43 bits per heavy atom. The Bertz CT molecular complexity index is 835. The van der Waals surface area contributed by atoms with Crippen molar-refractivity contribution in [2.75, 3.05) is 6.54 Å². The van der Waals surface area contributed by atoms with Crippen molar-refractivity contribution < 1.29 is 23.8 Å². The highest BCUT2D eigenvalue weighted by Crippen LogP contribution is 2.45. The van der Waals surface area contributed by atoms with Gasteiger partial charge in [0.25, 0.3) is 0 Å². The quantitative estimate of drug-likeness (QED) is 0.558. The van der Waals surface area contributed by atoms with Gasteiger partial charge in [0.2, 0.25) is 0 Å². The van der Waals surface area contributed by atoms with Crippen molar-refractivity contribution in [3.05, 3.63) is 70.8 Å². The van der Waals surface area contributed by atoms with Gasteiger partial charge in [-0.3, -0.25) is 0 Å². The number of benzene rings is 2. The third-order valence-electron chi connectivity index (χ3n) is 5.12. The van der Waals surface area contributed by atoms with E-state index in [4.69, 9.17) is 5.11 Å². The van der Waals surface area contributed by atoms with E-state index in [0.717, 1.165) is 42.2 Å². The molecular weight excluding hydrogens is 366 g/mol. The van der Waals surface area contributed by atoms with Gasteiger partial charge in [0, 0.05) is 18.2 Å². The minimum Gasteiger partial charge on any atom is -0.465 e. The highest BCUT2D eigenvalue weighted by atomic mass is 19.1. The summed E-state index contributed by atoms with van der Waals surface area (Å²) < 4.78 is 26.8. The fourth-order valence-corrected chi connectivity index (χ4v) is 3.50. The summed E-state index contributed by atoms with van der Waals surface area (Å²) in [6, 6.07) is 10.2. The maximum Gasteiger partial charge on any atom is 0.404 e. The van der Waals surface area contributed by atoms with Crippen molar-refractivity contribution in [1.82, 2.24) is 10.6 Å².